The van der Waals surface area contributed by atoms with Gasteiger partial charge in [0.2, 0.25) is 11.8 Å². The van der Waals surface area contributed by atoms with Gasteiger partial charge in [0.1, 0.15) is 11.9 Å². The van der Waals surface area contributed by atoms with Gasteiger partial charge in [0, 0.05) is 38.5 Å². The molecule has 2 aliphatic rings. The lowest BCUT2D eigenvalue weighted by Gasteiger charge is -2.35. The summed E-state index contributed by atoms with van der Waals surface area (Å²) in [5.41, 5.74) is 0.947. The summed E-state index contributed by atoms with van der Waals surface area (Å²) in [5, 5.41) is 2.88. The minimum Gasteiger partial charge on any atom is -0.342 e. The molecule has 1 atom stereocenters. The van der Waals surface area contributed by atoms with Gasteiger partial charge in [-0.1, -0.05) is 12.1 Å². The van der Waals surface area contributed by atoms with Crippen LogP contribution < -0.4 is 5.32 Å². The second-order valence-corrected chi connectivity index (χ2v) is 9.07. The number of carbonyl (C=O) groups is 2. The van der Waals surface area contributed by atoms with Crippen LogP contribution in [0, 0.1) is 5.82 Å². The first kappa shape index (κ1) is 19.2. The Morgan fingerprint density at radius 3 is 2.85 bits per heavy atom. The van der Waals surface area contributed by atoms with Crippen LogP contribution in [-0.4, -0.2) is 64.3 Å². The summed E-state index contributed by atoms with van der Waals surface area (Å²) < 4.78 is 12.9. The Labute approximate surface area is 158 Å². The van der Waals surface area contributed by atoms with E-state index in [1.165, 1.54) is 17.8 Å². The molecule has 1 N–H and O–H groups in total. The lowest BCUT2D eigenvalue weighted by Crippen LogP contribution is -2.58. The van der Waals surface area contributed by atoms with E-state index >= 15 is 0 Å². The molecule has 142 valence electrons. The van der Waals surface area contributed by atoms with E-state index in [-0.39, 0.29) is 17.6 Å². The first-order chi connectivity index (χ1) is 12.3. The standard InChI is InChI=1S/C19H26FN3O2S/c1-19(2)18(25)21-16(13-26-19)17(24)23-8-4-7-22(9-10-23)12-14-5-3-6-15(20)11-14/h3,5-6,11,16H,4,7-10,12-13H2,1-2H3,(H,21,25)/t16-/m1/s1. The van der Waals surface area contributed by atoms with Crippen LogP contribution in [0.2, 0.25) is 0 Å². The van der Waals surface area contributed by atoms with Crippen LogP contribution in [0.1, 0.15) is 25.8 Å². The average Bonchev–Trinajstić information content (AvgIpc) is 2.82. The van der Waals surface area contributed by atoms with Crippen LogP contribution >= 0.6 is 11.8 Å². The Bertz CT molecular complexity index is 683. The van der Waals surface area contributed by atoms with Gasteiger partial charge in [-0.15, -0.1) is 11.8 Å². The maximum atomic E-state index is 13.4. The second-order valence-electron chi connectivity index (χ2n) is 7.43. The molecule has 1 aromatic rings. The highest BCUT2D eigenvalue weighted by atomic mass is 32.2. The maximum Gasteiger partial charge on any atom is 0.246 e. The second kappa shape index (κ2) is 7.96. The Morgan fingerprint density at radius 1 is 1.31 bits per heavy atom. The van der Waals surface area contributed by atoms with Crippen LogP contribution in [0.3, 0.4) is 0 Å². The molecular weight excluding hydrogens is 353 g/mol. The van der Waals surface area contributed by atoms with Crippen molar-refractivity contribution in [3.63, 3.8) is 0 Å². The summed E-state index contributed by atoms with van der Waals surface area (Å²) in [6, 6.07) is 6.22. The molecule has 0 aliphatic carbocycles. The third kappa shape index (κ3) is 4.57. The van der Waals surface area contributed by atoms with Crippen molar-refractivity contribution in [3.8, 4) is 0 Å². The van der Waals surface area contributed by atoms with Crippen molar-refractivity contribution in [3.05, 3.63) is 35.6 Å². The minimum absolute atomic E-state index is 0.00829. The van der Waals surface area contributed by atoms with Gasteiger partial charge in [0.05, 0.1) is 4.75 Å². The summed E-state index contributed by atoms with van der Waals surface area (Å²) in [4.78, 5) is 29.0. The van der Waals surface area contributed by atoms with Crippen molar-refractivity contribution in [1.82, 2.24) is 15.1 Å². The fourth-order valence-corrected chi connectivity index (χ4v) is 4.33. The van der Waals surface area contributed by atoms with Crippen molar-refractivity contribution in [2.24, 2.45) is 0 Å². The van der Waals surface area contributed by atoms with E-state index in [4.69, 9.17) is 0 Å². The van der Waals surface area contributed by atoms with Crippen molar-refractivity contribution in [1.29, 1.82) is 0 Å². The van der Waals surface area contributed by atoms with E-state index in [1.807, 2.05) is 24.8 Å². The van der Waals surface area contributed by atoms with E-state index < -0.39 is 10.8 Å². The number of nitrogens with zero attached hydrogens (tertiary/aromatic N) is 2. The van der Waals surface area contributed by atoms with Crippen LogP contribution in [0.4, 0.5) is 4.39 Å². The third-order valence-electron chi connectivity index (χ3n) is 4.96. The third-order valence-corrected chi connectivity index (χ3v) is 6.36. The van der Waals surface area contributed by atoms with Gasteiger partial charge >= 0.3 is 0 Å². The predicted molar refractivity (Wildman–Crippen MR) is 101 cm³/mol. The van der Waals surface area contributed by atoms with Gasteiger partial charge < -0.3 is 10.2 Å². The largest absolute Gasteiger partial charge is 0.342 e. The number of halogens is 1. The summed E-state index contributed by atoms with van der Waals surface area (Å²) in [7, 11) is 0. The zero-order valence-corrected chi connectivity index (χ0v) is 16.2. The monoisotopic (exact) mass is 379 g/mol. The SMILES string of the molecule is CC1(C)SC[C@H](C(=O)N2CCCN(Cc3cccc(F)c3)CC2)NC1=O. The molecule has 2 saturated heterocycles. The topological polar surface area (TPSA) is 52.7 Å². The quantitative estimate of drug-likeness (QED) is 0.871. The van der Waals surface area contributed by atoms with Crippen LogP contribution in [0.5, 0.6) is 0 Å². The molecule has 0 saturated carbocycles. The van der Waals surface area contributed by atoms with Crippen molar-refractivity contribution in [2.75, 3.05) is 31.9 Å². The van der Waals surface area contributed by atoms with Gasteiger partial charge in [-0.25, -0.2) is 4.39 Å². The number of hydrogen-bond acceptors (Lipinski definition) is 4. The molecule has 0 spiro atoms. The number of benzene rings is 1. The highest BCUT2D eigenvalue weighted by Gasteiger charge is 2.39. The highest BCUT2D eigenvalue weighted by Crippen LogP contribution is 2.29. The fourth-order valence-electron chi connectivity index (χ4n) is 3.33. The average molecular weight is 380 g/mol. The zero-order chi connectivity index (χ0) is 18.7. The predicted octanol–water partition coefficient (Wildman–Crippen LogP) is 1.87. The first-order valence-electron chi connectivity index (χ1n) is 9.06. The molecule has 2 aliphatic heterocycles. The number of nitrogens with one attached hydrogen (secondary N) is 1. The molecular formula is C19H26FN3O2S. The van der Waals surface area contributed by atoms with Gasteiger partial charge in [-0.3, -0.25) is 14.5 Å². The smallest absolute Gasteiger partial charge is 0.246 e. The molecule has 1 aromatic carbocycles. The van der Waals surface area contributed by atoms with E-state index in [0.29, 0.717) is 25.4 Å². The van der Waals surface area contributed by atoms with Crippen LogP contribution in [0.25, 0.3) is 0 Å². The fraction of sp³-hybridized carbons (Fsp3) is 0.579. The molecule has 3 rings (SSSR count). The number of thioether (sulfide) groups is 1. The van der Waals surface area contributed by atoms with Crippen LogP contribution in [-0.2, 0) is 16.1 Å². The molecule has 0 bridgehead atoms. The minimum atomic E-state index is -0.475. The lowest BCUT2D eigenvalue weighted by atomic mass is 10.1. The van der Waals surface area contributed by atoms with Gasteiger partial charge in [0.25, 0.3) is 0 Å². The molecule has 2 fully saturated rings. The van der Waals surface area contributed by atoms with Crippen molar-refractivity contribution in [2.45, 2.75) is 37.6 Å². The molecule has 2 amide bonds. The Kier molecular flexibility index (Phi) is 5.87. The molecule has 26 heavy (non-hydrogen) atoms. The highest BCUT2D eigenvalue weighted by molar-refractivity contribution is 8.01. The molecule has 0 aromatic heterocycles. The summed E-state index contributed by atoms with van der Waals surface area (Å²) in [5.74, 6) is 0.326. The maximum absolute atomic E-state index is 13.4. The number of amides is 2. The van der Waals surface area contributed by atoms with E-state index in [2.05, 4.69) is 10.2 Å². The van der Waals surface area contributed by atoms with E-state index in [0.717, 1.165) is 25.1 Å². The molecule has 0 radical (unpaired) electrons. The lowest BCUT2D eigenvalue weighted by molar-refractivity contribution is -0.136. The number of rotatable bonds is 3. The van der Waals surface area contributed by atoms with Gasteiger partial charge in [-0.05, 0) is 38.0 Å². The van der Waals surface area contributed by atoms with Crippen molar-refractivity contribution >= 4 is 23.6 Å². The van der Waals surface area contributed by atoms with E-state index in [1.54, 1.807) is 12.1 Å². The van der Waals surface area contributed by atoms with Crippen LogP contribution in [0.15, 0.2) is 24.3 Å². The summed E-state index contributed by atoms with van der Waals surface area (Å²) >= 11 is 1.53. The van der Waals surface area contributed by atoms with Gasteiger partial charge in [-0.2, -0.15) is 0 Å². The molecule has 5 nitrogen and oxygen atoms in total. The molecule has 7 heteroatoms. The summed E-state index contributed by atoms with van der Waals surface area (Å²) in [6.07, 6.45) is 0.875. The Morgan fingerprint density at radius 2 is 2.12 bits per heavy atom. The van der Waals surface area contributed by atoms with Gasteiger partial charge in [0.15, 0.2) is 0 Å². The van der Waals surface area contributed by atoms with E-state index in [9.17, 15) is 14.0 Å². The normalized spacial score (nSPS) is 24.0. The molecule has 0 unspecified atom stereocenters. The Hall–Kier alpha value is -1.60. The van der Waals surface area contributed by atoms with Crippen molar-refractivity contribution < 1.29 is 14.0 Å². The first-order valence-corrected chi connectivity index (χ1v) is 10.0. The number of hydrogen-bond donors (Lipinski definition) is 1. The summed E-state index contributed by atoms with van der Waals surface area (Å²) in [6.45, 7) is 7.39. The number of carbonyl (C=O) groups excluding carboxylic acids is 2. The zero-order valence-electron chi connectivity index (χ0n) is 15.3. The Balaban J connectivity index is 1.55. The molecule has 2 heterocycles.